The minimum Gasteiger partial charge on any atom is -0.481 e. The van der Waals surface area contributed by atoms with Crippen LogP contribution in [-0.4, -0.2) is 93.8 Å². The van der Waals surface area contributed by atoms with Gasteiger partial charge in [-0.2, -0.15) is 11.8 Å². The van der Waals surface area contributed by atoms with Crippen molar-refractivity contribution in [1.82, 2.24) is 21.3 Å². The van der Waals surface area contributed by atoms with Gasteiger partial charge in [0.05, 0.1) is 18.6 Å². The van der Waals surface area contributed by atoms with E-state index in [9.17, 15) is 29.1 Å². The lowest BCUT2D eigenvalue weighted by atomic mass is 10.1. The van der Waals surface area contributed by atoms with Crippen LogP contribution in [0.4, 0.5) is 0 Å². The summed E-state index contributed by atoms with van der Waals surface area (Å²) < 4.78 is 0. The van der Waals surface area contributed by atoms with Crippen molar-refractivity contribution >= 4 is 41.4 Å². The van der Waals surface area contributed by atoms with Crippen LogP contribution < -0.4 is 21.3 Å². The van der Waals surface area contributed by atoms with Gasteiger partial charge in [0.15, 0.2) is 6.04 Å². The third-order valence-electron chi connectivity index (χ3n) is 4.68. The molecule has 0 spiro atoms. The van der Waals surface area contributed by atoms with Crippen molar-refractivity contribution in [2.75, 3.05) is 18.6 Å². The molecular weight excluding hydrogens is 432 g/mol. The van der Waals surface area contributed by atoms with Crippen LogP contribution in [0.15, 0.2) is 0 Å². The predicted molar refractivity (Wildman–Crippen MR) is 111 cm³/mol. The Bertz CT molecular complexity index is 669. The lowest BCUT2D eigenvalue weighted by Crippen LogP contribution is -2.58. The van der Waals surface area contributed by atoms with Gasteiger partial charge >= 0.3 is 11.9 Å². The number of carbonyl (C=O) groups is 5. The Morgan fingerprint density at radius 2 is 1.71 bits per heavy atom. The van der Waals surface area contributed by atoms with Crippen LogP contribution in [0.5, 0.6) is 0 Å². The van der Waals surface area contributed by atoms with Gasteiger partial charge in [-0.05, 0) is 44.7 Å². The number of amides is 3. The number of hydrogen-bond donors (Lipinski definition) is 7. The molecule has 7 N–H and O–H groups in total. The molecular formula is C18H30N4O8S. The maximum atomic E-state index is 12.8. The molecule has 0 aromatic heterocycles. The van der Waals surface area contributed by atoms with E-state index in [0.29, 0.717) is 18.7 Å². The minimum absolute atomic E-state index is 0.248. The number of carboxylic acid groups (broad SMARTS) is 2. The Kier molecular flexibility index (Phi) is 11.3. The zero-order chi connectivity index (χ0) is 23.6. The number of carbonyl (C=O) groups excluding carboxylic acids is 3. The summed E-state index contributed by atoms with van der Waals surface area (Å²) in [7, 11) is 0. The molecule has 12 nitrogen and oxygen atoms in total. The summed E-state index contributed by atoms with van der Waals surface area (Å²) in [5.41, 5.74) is 0. The van der Waals surface area contributed by atoms with E-state index in [2.05, 4.69) is 16.0 Å². The number of rotatable bonds is 13. The summed E-state index contributed by atoms with van der Waals surface area (Å²) in [6.45, 7) is 1.84. The molecule has 0 saturated carbocycles. The van der Waals surface area contributed by atoms with Gasteiger partial charge in [-0.3, -0.25) is 19.2 Å². The molecule has 1 rings (SSSR count). The van der Waals surface area contributed by atoms with E-state index >= 15 is 0 Å². The second-order valence-electron chi connectivity index (χ2n) is 7.22. The normalized spacial score (nSPS) is 19.5. The maximum Gasteiger partial charge on any atom is 0.328 e. The monoisotopic (exact) mass is 462 g/mol. The topological polar surface area (TPSA) is 194 Å². The molecule has 1 heterocycles. The van der Waals surface area contributed by atoms with E-state index < -0.39 is 60.4 Å². The molecule has 13 heteroatoms. The van der Waals surface area contributed by atoms with Gasteiger partial charge in [-0.15, -0.1) is 0 Å². The van der Waals surface area contributed by atoms with Gasteiger partial charge in [-0.1, -0.05) is 0 Å². The number of aliphatic hydroxyl groups excluding tert-OH is 1. The third kappa shape index (κ3) is 9.11. The highest BCUT2D eigenvalue weighted by Gasteiger charge is 2.33. The van der Waals surface area contributed by atoms with Crippen LogP contribution >= 0.6 is 11.8 Å². The van der Waals surface area contributed by atoms with Gasteiger partial charge < -0.3 is 36.6 Å². The first kappa shape index (κ1) is 26.7. The number of aliphatic hydroxyl groups is 1. The van der Waals surface area contributed by atoms with Gasteiger partial charge in [0.25, 0.3) is 0 Å². The van der Waals surface area contributed by atoms with E-state index in [0.717, 1.165) is 13.3 Å². The standard InChI is InChI=1S/C18H30N4O8S/c1-9(23)14(18(29)30)22-17(28)12(8-13(24)25)21-16(27)11(5-7-31-2)20-15(26)10-4-3-6-19-10/h9-12,14,19,23H,3-8H2,1-2H3,(H,20,26)(H,21,27)(H,22,28)(H,24,25)(H,29,30). The number of nitrogens with one attached hydrogen (secondary N) is 4. The summed E-state index contributed by atoms with van der Waals surface area (Å²) >= 11 is 1.44. The van der Waals surface area contributed by atoms with Crippen LogP contribution in [0.2, 0.25) is 0 Å². The molecule has 1 aliphatic rings. The summed E-state index contributed by atoms with van der Waals surface area (Å²) in [5.74, 6) is -4.59. The van der Waals surface area contributed by atoms with Gasteiger partial charge in [0, 0.05) is 0 Å². The molecule has 1 aliphatic heterocycles. The SMILES string of the molecule is CSCCC(NC(=O)C1CCCN1)C(=O)NC(CC(=O)O)C(=O)NC(C(=O)O)C(C)O. The van der Waals surface area contributed by atoms with Gasteiger partial charge in [0.2, 0.25) is 17.7 Å². The van der Waals surface area contributed by atoms with Crippen LogP contribution in [0, 0.1) is 0 Å². The van der Waals surface area contributed by atoms with Crippen molar-refractivity contribution in [1.29, 1.82) is 0 Å². The van der Waals surface area contributed by atoms with Crippen LogP contribution in [0.3, 0.4) is 0 Å². The van der Waals surface area contributed by atoms with Gasteiger partial charge in [0.1, 0.15) is 12.1 Å². The highest BCUT2D eigenvalue weighted by molar-refractivity contribution is 7.98. The summed E-state index contributed by atoms with van der Waals surface area (Å²) in [6.07, 6.45) is 1.26. The first-order chi connectivity index (χ1) is 14.6. The molecule has 1 fully saturated rings. The minimum atomic E-state index is -1.68. The smallest absolute Gasteiger partial charge is 0.328 e. The quantitative estimate of drug-likeness (QED) is 0.159. The summed E-state index contributed by atoms with van der Waals surface area (Å²) in [5, 5.41) is 37.6. The fourth-order valence-electron chi connectivity index (χ4n) is 2.98. The Balaban J connectivity index is 2.90. The number of carboxylic acids is 2. The lowest BCUT2D eigenvalue weighted by molar-refractivity contribution is -0.146. The van der Waals surface area contributed by atoms with Crippen molar-refractivity contribution in [2.24, 2.45) is 0 Å². The predicted octanol–water partition coefficient (Wildman–Crippen LogP) is -2.11. The summed E-state index contributed by atoms with van der Waals surface area (Å²) in [6, 6.07) is -4.70. The number of hydrogen-bond acceptors (Lipinski definition) is 8. The average Bonchev–Trinajstić information content (AvgIpc) is 3.22. The van der Waals surface area contributed by atoms with E-state index in [1.165, 1.54) is 11.8 Å². The molecule has 1 saturated heterocycles. The van der Waals surface area contributed by atoms with Crippen molar-refractivity contribution in [3.05, 3.63) is 0 Å². The van der Waals surface area contributed by atoms with Crippen molar-refractivity contribution in [3.8, 4) is 0 Å². The molecule has 0 bridgehead atoms. The molecule has 31 heavy (non-hydrogen) atoms. The van der Waals surface area contributed by atoms with Crippen LogP contribution in [-0.2, 0) is 24.0 Å². The molecule has 176 valence electrons. The Labute approximate surface area is 183 Å². The molecule has 0 aromatic carbocycles. The Hall–Kier alpha value is -2.38. The zero-order valence-electron chi connectivity index (χ0n) is 17.4. The van der Waals surface area contributed by atoms with Crippen molar-refractivity contribution in [2.45, 2.75) is 62.9 Å². The first-order valence-corrected chi connectivity index (χ1v) is 11.2. The molecule has 0 radical (unpaired) electrons. The molecule has 3 amide bonds. The Morgan fingerprint density at radius 1 is 1.06 bits per heavy atom. The molecule has 5 atom stereocenters. The van der Waals surface area contributed by atoms with E-state index in [-0.39, 0.29) is 12.3 Å². The van der Waals surface area contributed by atoms with Crippen molar-refractivity contribution < 1.29 is 39.3 Å². The number of thioether (sulfide) groups is 1. The highest BCUT2D eigenvalue weighted by Crippen LogP contribution is 2.08. The zero-order valence-corrected chi connectivity index (χ0v) is 18.2. The average molecular weight is 463 g/mol. The first-order valence-electron chi connectivity index (χ1n) is 9.82. The Morgan fingerprint density at radius 3 is 2.19 bits per heavy atom. The van der Waals surface area contributed by atoms with E-state index in [4.69, 9.17) is 10.2 Å². The summed E-state index contributed by atoms with van der Waals surface area (Å²) in [4.78, 5) is 59.9. The van der Waals surface area contributed by atoms with Crippen LogP contribution in [0.1, 0.15) is 32.6 Å². The molecule has 5 unspecified atom stereocenters. The van der Waals surface area contributed by atoms with Crippen LogP contribution in [0.25, 0.3) is 0 Å². The third-order valence-corrected chi connectivity index (χ3v) is 5.32. The fraction of sp³-hybridized carbons (Fsp3) is 0.722. The van der Waals surface area contributed by atoms with E-state index in [1.54, 1.807) is 0 Å². The molecule has 0 aliphatic carbocycles. The lowest BCUT2D eigenvalue weighted by Gasteiger charge is -2.25. The second-order valence-corrected chi connectivity index (χ2v) is 8.20. The largest absolute Gasteiger partial charge is 0.481 e. The fourth-order valence-corrected chi connectivity index (χ4v) is 3.46. The highest BCUT2D eigenvalue weighted by atomic mass is 32.2. The number of aliphatic carboxylic acids is 2. The van der Waals surface area contributed by atoms with Crippen molar-refractivity contribution in [3.63, 3.8) is 0 Å². The molecule has 0 aromatic rings. The second kappa shape index (κ2) is 13.1. The van der Waals surface area contributed by atoms with E-state index in [1.807, 2.05) is 11.6 Å². The maximum absolute atomic E-state index is 12.8. The van der Waals surface area contributed by atoms with Gasteiger partial charge in [-0.25, -0.2) is 4.79 Å².